The monoisotopic (exact) mass is 397 g/mol. The molecule has 0 radical (unpaired) electrons. The SMILES string of the molecule is COCC(C)NC(N)=NCc1ccc(Cl)c(C)c1.I. The summed E-state index contributed by atoms with van der Waals surface area (Å²) in [6, 6.07) is 5.98. The molecule has 1 rings (SSSR count). The molecule has 0 saturated carbocycles. The summed E-state index contributed by atoms with van der Waals surface area (Å²) < 4.78 is 5.01. The van der Waals surface area contributed by atoms with Crippen LogP contribution < -0.4 is 11.1 Å². The van der Waals surface area contributed by atoms with Crippen LogP contribution in [0.25, 0.3) is 0 Å². The van der Waals surface area contributed by atoms with Crippen molar-refractivity contribution in [3.8, 4) is 0 Å². The van der Waals surface area contributed by atoms with Crippen LogP contribution in [0.3, 0.4) is 0 Å². The molecule has 0 bridgehead atoms. The van der Waals surface area contributed by atoms with Gasteiger partial charge in [0, 0.05) is 18.2 Å². The second-order valence-electron chi connectivity index (χ2n) is 4.29. The number of ether oxygens (including phenoxy) is 1. The van der Waals surface area contributed by atoms with Crippen LogP contribution in [0.5, 0.6) is 0 Å². The highest BCUT2D eigenvalue weighted by Gasteiger charge is 2.02. The van der Waals surface area contributed by atoms with E-state index in [0.29, 0.717) is 19.1 Å². The van der Waals surface area contributed by atoms with Crippen molar-refractivity contribution in [1.82, 2.24) is 5.32 Å². The first kappa shape index (κ1) is 18.5. The molecule has 3 N–H and O–H groups in total. The number of nitrogens with two attached hydrogens (primary N) is 1. The molecule has 0 amide bonds. The average Bonchev–Trinajstić information content (AvgIpc) is 2.31. The standard InChI is InChI=1S/C13H20ClN3O.HI/c1-9-6-11(4-5-12(9)14)7-16-13(15)17-10(2)8-18-3;/h4-6,10H,7-8H2,1-3H3,(H3,15,16,17);1H. The van der Waals surface area contributed by atoms with E-state index in [1.807, 2.05) is 32.0 Å². The predicted molar refractivity (Wildman–Crippen MR) is 91.4 cm³/mol. The molecule has 1 unspecified atom stereocenters. The third-order valence-corrected chi connectivity index (χ3v) is 2.89. The Bertz CT molecular complexity index is 426. The van der Waals surface area contributed by atoms with Gasteiger partial charge in [-0.15, -0.1) is 24.0 Å². The Kier molecular flexibility index (Phi) is 9.12. The van der Waals surface area contributed by atoms with Crippen molar-refractivity contribution in [2.75, 3.05) is 13.7 Å². The molecule has 4 nitrogen and oxygen atoms in total. The van der Waals surface area contributed by atoms with Crippen LogP contribution >= 0.6 is 35.6 Å². The van der Waals surface area contributed by atoms with Crippen molar-refractivity contribution >= 4 is 41.5 Å². The van der Waals surface area contributed by atoms with Gasteiger partial charge in [-0.2, -0.15) is 0 Å². The lowest BCUT2D eigenvalue weighted by atomic mass is 10.1. The number of rotatable bonds is 5. The first-order chi connectivity index (χ1) is 8.52. The minimum atomic E-state index is 0. The highest BCUT2D eigenvalue weighted by molar-refractivity contribution is 14.0. The predicted octanol–water partition coefficient (Wildman–Crippen LogP) is 2.71. The third-order valence-electron chi connectivity index (χ3n) is 2.47. The van der Waals surface area contributed by atoms with Crippen LogP contribution in [0, 0.1) is 6.92 Å². The number of nitrogens with zero attached hydrogens (tertiary/aromatic N) is 1. The molecule has 1 aromatic carbocycles. The summed E-state index contributed by atoms with van der Waals surface area (Å²) in [4.78, 5) is 4.27. The van der Waals surface area contributed by atoms with Crippen molar-refractivity contribution in [2.24, 2.45) is 10.7 Å². The zero-order valence-electron chi connectivity index (χ0n) is 11.4. The second-order valence-corrected chi connectivity index (χ2v) is 4.69. The average molecular weight is 398 g/mol. The van der Waals surface area contributed by atoms with E-state index < -0.39 is 0 Å². The number of hydrogen-bond donors (Lipinski definition) is 2. The van der Waals surface area contributed by atoms with E-state index in [4.69, 9.17) is 22.1 Å². The molecule has 1 aromatic rings. The lowest BCUT2D eigenvalue weighted by Crippen LogP contribution is -2.40. The van der Waals surface area contributed by atoms with E-state index in [0.717, 1.165) is 16.1 Å². The van der Waals surface area contributed by atoms with Crippen LogP contribution in [0.15, 0.2) is 23.2 Å². The van der Waals surface area contributed by atoms with E-state index in [-0.39, 0.29) is 30.0 Å². The van der Waals surface area contributed by atoms with Crippen molar-refractivity contribution in [2.45, 2.75) is 26.4 Å². The van der Waals surface area contributed by atoms with Gasteiger partial charge >= 0.3 is 0 Å². The van der Waals surface area contributed by atoms with E-state index in [1.54, 1.807) is 7.11 Å². The number of benzene rings is 1. The Morgan fingerprint density at radius 3 is 2.79 bits per heavy atom. The first-order valence-corrected chi connectivity index (χ1v) is 6.21. The summed E-state index contributed by atoms with van der Waals surface area (Å²) >= 11 is 5.96. The smallest absolute Gasteiger partial charge is 0.189 e. The Hall–Kier alpha value is -0.530. The number of guanidine groups is 1. The Balaban J connectivity index is 0.00000324. The topological polar surface area (TPSA) is 59.6 Å². The summed E-state index contributed by atoms with van der Waals surface area (Å²) in [6.45, 7) is 5.09. The van der Waals surface area contributed by atoms with Gasteiger partial charge < -0.3 is 15.8 Å². The molecule has 108 valence electrons. The van der Waals surface area contributed by atoms with Gasteiger partial charge in [0.2, 0.25) is 0 Å². The maximum absolute atomic E-state index is 5.96. The fraction of sp³-hybridized carbons (Fsp3) is 0.462. The van der Waals surface area contributed by atoms with Crippen molar-refractivity contribution in [3.63, 3.8) is 0 Å². The van der Waals surface area contributed by atoms with Crippen molar-refractivity contribution < 1.29 is 4.74 Å². The highest BCUT2D eigenvalue weighted by atomic mass is 127. The third kappa shape index (κ3) is 6.98. The quantitative estimate of drug-likeness (QED) is 0.456. The van der Waals surface area contributed by atoms with Crippen molar-refractivity contribution in [1.29, 1.82) is 0 Å². The molecule has 6 heteroatoms. The van der Waals surface area contributed by atoms with E-state index >= 15 is 0 Å². The molecule has 19 heavy (non-hydrogen) atoms. The fourth-order valence-corrected chi connectivity index (χ4v) is 1.69. The molecule has 0 aliphatic heterocycles. The van der Waals surface area contributed by atoms with Gasteiger partial charge in [-0.05, 0) is 31.0 Å². The molecule has 1 atom stereocenters. The molecule has 0 aliphatic carbocycles. The number of aryl methyl sites for hydroxylation is 1. The van der Waals surface area contributed by atoms with Crippen LogP contribution in [0.1, 0.15) is 18.1 Å². The summed E-state index contributed by atoms with van der Waals surface area (Å²) in [5.41, 5.74) is 7.91. The Morgan fingerprint density at radius 1 is 1.53 bits per heavy atom. The second kappa shape index (κ2) is 9.39. The highest BCUT2D eigenvalue weighted by Crippen LogP contribution is 2.16. The van der Waals surface area contributed by atoms with Crippen LogP contribution in [0.2, 0.25) is 5.02 Å². The molecule has 0 fully saturated rings. The zero-order chi connectivity index (χ0) is 13.5. The Labute approximate surface area is 136 Å². The van der Waals surface area contributed by atoms with Crippen LogP contribution in [-0.4, -0.2) is 25.7 Å². The van der Waals surface area contributed by atoms with Crippen LogP contribution in [0.4, 0.5) is 0 Å². The molecule has 0 spiro atoms. The molecular weight excluding hydrogens is 377 g/mol. The number of nitrogens with one attached hydrogen (secondary N) is 1. The minimum Gasteiger partial charge on any atom is -0.383 e. The van der Waals surface area contributed by atoms with Gasteiger partial charge in [0.15, 0.2) is 5.96 Å². The summed E-state index contributed by atoms with van der Waals surface area (Å²) in [5, 5.41) is 3.82. The summed E-state index contributed by atoms with van der Waals surface area (Å²) in [6.07, 6.45) is 0. The number of methoxy groups -OCH3 is 1. The van der Waals surface area contributed by atoms with Crippen LogP contribution in [-0.2, 0) is 11.3 Å². The molecule has 0 aromatic heterocycles. The van der Waals surface area contributed by atoms with Gasteiger partial charge in [-0.3, -0.25) is 0 Å². The molecule has 0 heterocycles. The fourth-order valence-electron chi connectivity index (χ4n) is 1.57. The lowest BCUT2D eigenvalue weighted by molar-refractivity contribution is 0.179. The first-order valence-electron chi connectivity index (χ1n) is 5.83. The van der Waals surface area contributed by atoms with Gasteiger partial charge in [-0.25, -0.2) is 4.99 Å². The van der Waals surface area contributed by atoms with E-state index in [1.165, 1.54) is 0 Å². The number of hydrogen-bond acceptors (Lipinski definition) is 2. The number of halogens is 2. The number of aliphatic imine (C=N–C) groups is 1. The van der Waals surface area contributed by atoms with Gasteiger partial charge in [0.25, 0.3) is 0 Å². The van der Waals surface area contributed by atoms with Gasteiger partial charge in [0.05, 0.1) is 13.2 Å². The molecular formula is C13H21ClIN3O. The van der Waals surface area contributed by atoms with Gasteiger partial charge in [-0.1, -0.05) is 23.7 Å². The normalized spacial score (nSPS) is 12.7. The van der Waals surface area contributed by atoms with Crippen molar-refractivity contribution in [3.05, 3.63) is 34.3 Å². The van der Waals surface area contributed by atoms with E-state index in [2.05, 4.69) is 10.3 Å². The summed E-state index contributed by atoms with van der Waals surface area (Å²) in [5.74, 6) is 0.423. The molecule has 0 aliphatic rings. The molecule has 0 saturated heterocycles. The van der Waals surface area contributed by atoms with E-state index in [9.17, 15) is 0 Å². The largest absolute Gasteiger partial charge is 0.383 e. The van der Waals surface area contributed by atoms with Gasteiger partial charge in [0.1, 0.15) is 0 Å². The minimum absolute atomic E-state index is 0. The lowest BCUT2D eigenvalue weighted by Gasteiger charge is -2.13. The maximum atomic E-state index is 5.96. The summed E-state index contributed by atoms with van der Waals surface area (Å²) in [7, 11) is 1.65. The Morgan fingerprint density at radius 2 is 2.21 bits per heavy atom. The zero-order valence-corrected chi connectivity index (χ0v) is 14.5. The maximum Gasteiger partial charge on any atom is 0.189 e.